The number of rotatable bonds is 7. The first-order chi connectivity index (χ1) is 12.7. The summed E-state index contributed by atoms with van der Waals surface area (Å²) < 4.78 is 0. The normalized spacial score (nSPS) is 17.8. The van der Waals surface area contributed by atoms with Crippen LogP contribution in [-0.2, 0) is 17.6 Å². The number of benzene rings is 1. The van der Waals surface area contributed by atoms with Crippen LogP contribution >= 0.6 is 0 Å². The summed E-state index contributed by atoms with van der Waals surface area (Å²) in [7, 11) is 1.97. The fraction of sp³-hybridized carbons (Fsp3) is 0.455. The van der Waals surface area contributed by atoms with Gasteiger partial charge in [0.2, 0.25) is 5.91 Å². The third kappa shape index (κ3) is 5.40. The number of likely N-dealkylation sites (N-methyl/N-ethyl adjacent to an activating group) is 1. The van der Waals surface area contributed by atoms with E-state index in [1.807, 2.05) is 24.1 Å². The predicted octanol–water partition coefficient (Wildman–Crippen LogP) is 3.18. The van der Waals surface area contributed by atoms with Crippen LogP contribution in [0.1, 0.15) is 30.4 Å². The molecule has 0 bridgehead atoms. The molecule has 0 aliphatic carbocycles. The Morgan fingerprint density at radius 1 is 1.12 bits per heavy atom. The molecular formula is C22H29N3O. The van der Waals surface area contributed by atoms with Gasteiger partial charge in [0.05, 0.1) is 0 Å². The number of hydrogen-bond donors (Lipinski definition) is 0. The Morgan fingerprint density at radius 3 is 2.62 bits per heavy atom. The van der Waals surface area contributed by atoms with Gasteiger partial charge in [0.15, 0.2) is 0 Å². The smallest absolute Gasteiger partial charge is 0.222 e. The van der Waals surface area contributed by atoms with E-state index in [0.29, 0.717) is 12.5 Å². The molecule has 138 valence electrons. The second-order valence-electron chi connectivity index (χ2n) is 7.19. The first-order valence-corrected chi connectivity index (χ1v) is 9.63. The lowest BCUT2D eigenvalue weighted by Gasteiger charge is -2.37. The second-order valence-corrected chi connectivity index (χ2v) is 7.19. The quantitative estimate of drug-likeness (QED) is 0.769. The van der Waals surface area contributed by atoms with Crippen molar-refractivity contribution >= 4 is 5.91 Å². The fourth-order valence-electron chi connectivity index (χ4n) is 3.66. The van der Waals surface area contributed by atoms with Gasteiger partial charge in [0.25, 0.3) is 0 Å². The Kier molecular flexibility index (Phi) is 6.78. The van der Waals surface area contributed by atoms with E-state index in [1.54, 1.807) is 12.4 Å². The van der Waals surface area contributed by atoms with Crippen LogP contribution in [0.5, 0.6) is 0 Å². The zero-order chi connectivity index (χ0) is 18.2. The van der Waals surface area contributed by atoms with Crippen molar-refractivity contribution in [3.63, 3.8) is 0 Å². The van der Waals surface area contributed by atoms with Gasteiger partial charge in [-0.2, -0.15) is 0 Å². The van der Waals surface area contributed by atoms with Crippen molar-refractivity contribution in [2.75, 3.05) is 26.7 Å². The molecule has 0 spiro atoms. The highest BCUT2D eigenvalue weighted by Crippen LogP contribution is 2.17. The van der Waals surface area contributed by atoms with Crippen LogP contribution in [0.3, 0.4) is 0 Å². The van der Waals surface area contributed by atoms with Crippen LogP contribution in [0.25, 0.3) is 0 Å². The maximum absolute atomic E-state index is 12.6. The minimum Gasteiger partial charge on any atom is -0.341 e. The number of carbonyl (C=O) groups is 1. The third-order valence-electron chi connectivity index (χ3n) is 5.36. The van der Waals surface area contributed by atoms with Crippen molar-refractivity contribution < 1.29 is 4.79 Å². The topological polar surface area (TPSA) is 36.4 Å². The Bertz CT molecular complexity index is 674. The molecule has 2 aromatic rings. The van der Waals surface area contributed by atoms with E-state index in [0.717, 1.165) is 38.9 Å². The van der Waals surface area contributed by atoms with Gasteiger partial charge in [-0.15, -0.1) is 0 Å². The molecule has 0 N–H and O–H groups in total. The van der Waals surface area contributed by atoms with Crippen molar-refractivity contribution in [3.05, 3.63) is 66.0 Å². The third-order valence-corrected chi connectivity index (χ3v) is 5.36. The Balaban J connectivity index is 1.46. The first kappa shape index (κ1) is 18.6. The monoisotopic (exact) mass is 351 g/mol. The van der Waals surface area contributed by atoms with Crippen molar-refractivity contribution in [3.8, 4) is 0 Å². The predicted molar refractivity (Wildman–Crippen MR) is 105 cm³/mol. The minimum atomic E-state index is 0.247. The molecule has 26 heavy (non-hydrogen) atoms. The molecule has 1 amide bonds. The lowest BCUT2D eigenvalue weighted by molar-refractivity contribution is -0.133. The molecule has 1 aliphatic heterocycles. The van der Waals surface area contributed by atoms with Gasteiger partial charge in [0.1, 0.15) is 0 Å². The molecule has 0 unspecified atom stereocenters. The minimum absolute atomic E-state index is 0.247. The Hall–Kier alpha value is -2.20. The summed E-state index contributed by atoms with van der Waals surface area (Å²) in [4.78, 5) is 21.1. The highest BCUT2D eigenvalue weighted by molar-refractivity contribution is 5.76. The summed E-state index contributed by atoms with van der Waals surface area (Å²) in [5.41, 5.74) is 2.56. The molecule has 1 aliphatic rings. The van der Waals surface area contributed by atoms with Gasteiger partial charge in [-0.05, 0) is 55.5 Å². The van der Waals surface area contributed by atoms with Crippen LogP contribution < -0.4 is 0 Å². The van der Waals surface area contributed by atoms with Crippen molar-refractivity contribution in [1.82, 2.24) is 14.8 Å². The number of likely N-dealkylation sites (tertiary alicyclic amines) is 1. The van der Waals surface area contributed by atoms with E-state index in [4.69, 9.17) is 0 Å². The lowest BCUT2D eigenvalue weighted by atomic mass is 10.0. The van der Waals surface area contributed by atoms with E-state index in [9.17, 15) is 4.79 Å². The maximum atomic E-state index is 12.6. The van der Waals surface area contributed by atoms with Gasteiger partial charge < -0.3 is 9.80 Å². The van der Waals surface area contributed by atoms with Gasteiger partial charge in [-0.1, -0.05) is 30.3 Å². The van der Waals surface area contributed by atoms with Crippen LogP contribution in [-0.4, -0.2) is 53.4 Å². The Morgan fingerprint density at radius 2 is 1.85 bits per heavy atom. The standard InChI is InChI=1S/C22H29N3O/c1-24(22(26)10-9-20-11-14-23-15-12-20)21-8-5-16-25(18-21)17-13-19-6-3-2-4-7-19/h2-4,6-7,11-12,14-15,21H,5,8-10,13,16-18H2,1H3/t21-/m0/s1. The molecule has 2 heterocycles. The molecule has 4 nitrogen and oxygen atoms in total. The lowest BCUT2D eigenvalue weighted by Crippen LogP contribution is -2.49. The number of hydrogen-bond acceptors (Lipinski definition) is 3. The summed E-state index contributed by atoms with van der Waals surface area (Å²) in [5, 5.41) is 0. The summed E-state index contributed by atoms with van der Waals surface area (Å²) in [6.45, 7) is 3.20. The fourth-order valence-corrected chi connectivity index (χ4v) is 3.66. The number of pyridine rings is 1. The molecule has 3 rings (SSSR count). The van der Waals surface area contributed by atoms with Crippen molar-refractivity contribution in [2.45, 2.75) is 38.1 Å². The van der Waals surface area contributed by atoms with Gasteiger partial charge in [-0.3, -0.25) is 9.78 Å². The molecule has 1 aromatic heterocycles. The van der Waals surface area contributed by atoms with E-state index in [1.165, 1.54) is 17.5 Å². The first-order valence-electron chi connectivity index (χ1n) is 9.63. The number of carbonyl (C=O) groups excluding carboxylic acids is 1. The van der Waals surface area contributed by atoms with Crippen LogP contribution in [0, 0.1) is 0 Å². The summed E-state index contributed by atoms with van der Waals surface area (Å²) in [6.07, 6.45) is 8.29. The summed E-state index contributed by atoms with van der Waals surface area (Å²) in [6, 6.07) is 15.0. The van der Waals surface area contributed by atoms with Crippen LogP contribution in [0.15, 0.2) is 54.9 Å². The van der Waals surface area contributed by atoms with Crippen molar-refractivity contribution in [1.29, 1.82) is 0 Å². The molecule has 1 fully saturated rings. The molecule has 1 atom stereocenters. The largest absolute Gasteiger partial charge is 0.341 e. The number of amides is 1. The highest BCUT2D eigenvalue weighted by Gasteiger charge is 2.25. The van der Waals surface area contributed by atoms with E-state index >= 15 is 0 Å². The molecule has 4 heteroatoms. The van der Waals surface area contributed by atoms with Gasteiger partial charge >= 0.3 is 0 Å². The maximum Gasteiger partial charge on any atom is 0.222 e. The number of piperidine rings is 1. The van der Waals surface area contributed by atoms with Crippen molar-refractivity contribution in [2.24, 2.45) is 0 Å². The SMILES string of the molecule is CN(C(=O)CCc1ccncc1)[C@H]1CCCN(CCc2ccccc2)C1. The summed E-state index contributed by atoms with van der Waals surface area (Å²) >= 11 is 0. The second kappa shape index (κ2) is 9.48. The molecule has 0 radical (unpaired) electrons. The average molecular weight is 351 g/mol. The Labute approximate surface area is 156 Å². The summed E-state index contributed by atoms with van der Waals surface area (Å²) in [5.74, 6) is 0.247. The van der Waals surface area contributed by atoms with E-state index in [2.05, 4.69) is 40.2 Å². The average Bonchev–Trinajstić information content (AvgIpc) is 2.71. The zero-order valence-corrected chi connectivity index (χ0v) is 15.7. The van der Waals surface area contributed by atoms with E-state index < -0.39 is 0 Å². The van der Waals surface area contributed by atoms with Gasteiger partial charge in [-0.25, -0.2) is 0 Å². The number of aromatic nitrogens is 1. The molecule has 1 aromatic carbocycles. The van der Waals surface area contributed by atoms with Gasteiger partial charge in [0, 0.05) is 45.0 Å². The zero-order valence-electron chi connectivity index (χ0n) is 15.7. The van der Waals surface area contributed by atoms with Crippen LogP contribution in [0.2, 0.25) is 0 Å². The molecular weight excluding hydrogens is 322 g/mol. The molecule has 1 saturated heterocycles. The number of nitrogens with zero attached hydrogens (tertiary/aromatic N) is 3. The highest BCUT2D eigenvalue weighted by atomic mass is 16.2. The van der Waals surface area contributed by atoms with Crippen LogP contribution in [0.4, 0.5) is 0 Å². The van der Waals surface area contributed by atoms with E-state index in [-0.39, 0.29) is 5.91 Å². The molecule has 0 saturated carbocycles. The number of aryl methyl sites for hydroxylation is 1.